The smallest absolute Gasteiger partial charge is 0.242 e. The largest absolute Gasteiger partial charge is 0.326 e. The second kappa shape index (κ2) is 4.20. The van der Waals surface area contributed by atoms with Crippen LogP contribution < -0.4 is 5.32 Å². The summed E-state index contributed by atoms with van der Waals surface area (Å²) in [4.78, 5) is 11.6. The maximum atomic E-state index is 12.3. The summed E-state index contributed by atoms with van der Waals surface area (Å²) < 4.78 is 24.5. The van der Waals surface area contributed by atoms with Gasteiger partial charge in [0.15, 0.2) is 0 Å². The Kier molecular flexibility index (Phi) is 2.90. The van der Waals surface area contributed by atoms with E-state index in [1.165, 1.54) is 0 Å². The van der Waals surface area contributed by atoms with Crippen molar-refractivity contribution in [1.82, 2.24) is 0 Å². The molecule has 1 aliphatic rings. The van der Waals surface area contributed by atoms with E-state index in [1.807, 2.05) is 25.1 Å². The van der Waals surface area contributed by atoms with Gasteiger partial charge in [-0.1, -0.05) is 12.1 Å². The van der Waals surface area contributed by atoms with Gasteiger partial charge in [-0.15, -0.1) is 0 Å². The van der Waals surface area contributed by atoms with Gasteiger partial charge in [-0.25, -0.2) is 8.78 Å². The zero-order chi connectivity index (χ0) is 11.7. The highest BCUT2D eigenvalue weighted by molar-refractivity contribution is 5.94. The third-order valence-electron chi connectivity index (χ3n) is 2.79. The van der Waals surface area contributed by atoms with Crippen molar-refractivity contribution in [3.05, 3.63) is 29.8 Å². The quantitative estimate of drug-likeness (QED) is 0.842. The SMILES string of the molecule is Cc1cccc(NC(=O)[C@@H]2C[C@H]2C(F)F)c1. The second-order valence-electron chi connectivity index (χ2n) is 4.20. The Balaban J connectivity index is 1.94. The Labute approximate surface area is 92.7 Å². The summed E-state index contributed by atoms with van der Waals surface area (Å²) in [5.74, 6) is -1.55. The highest BCUT2D eigenvalue weighted by Gasteiger charge is 2.48. The fourth-order valence-electron chi connectivity index (χ4n) is 1.75. The molecule has 0 aromatic heterocycles. The predicted octanol–water partition coefficient (Wildman–Crippen LogP) is 2.83. The number of nitrogens with one attached hydrogen (secondary N) is 1. The molecule has 0 aliphatic heterocycles. The maximum absolute atomic E-state index is 12.3. The number of aryl methyl sites for hydroxylation is 1. The molecule has 4 heteroatoms. The topological polar surface area (TPSA) is 29.1 Å². The molecule has 0 heterocycles. The van der Waals surface area contributed by atoms with Crippen molar-refractivity contribution < 1.29 is 13.6 Å². The van der Waals surface area contributed by atoms with E-state index >= 15 is 0 Å². The summed E-state index contributed by atoms with van der Waals surface area (Å²) in [6.07, 6.45) is -2.08. The van der Waals surface area contributed by atoms with Crippen molar-refractivity contribution in [2.45, 2.75) is 19.8 Å². The molecular weight excluding hydrogens is 212 g/mol. The van der Waals surface area contributed by atoms with Crippen molar-refractivity contribution in [3.8, 4) is 0 Å². The minimum Gasteiger partial charge on any atom is -0.326 e. The van der Waals surface area contributed by atoms with E-state index in [-0.39, 0.29) is 5.91 Å². The molecule has 2 atom stereocenters. The van der Waals surface area contributed by atoms with Crippen molar-refractivity contribution in [3.63, 3.8) is 0 Å². The number of anilines is 1. The van der Waals surface area contributed by atoms with Crippen LogP contribution in [0, 0.1) is 18.8 Å². The summed E-state index contributed by atoms with van der Waals surface area (Å²) in [6, 6.07) is 7.31. The van der Waals surface area contributed by atoms with Crippen LogP contribution in [0.15, 0.2) is 24.3 Å². The summed E-state index contributed by atoms with van der Waals surface area (Å²) in [7, 11) is 0. The lowest BCUT2D eigenvalue weighted by molar-refractivity contribution is -0.118. The normalized spacial score (nSPS) is 23.2. The first kappa shape index (κ1) is 11.0. The molecule has 0 bridgehead atoms. The van der Waals surface area contributed by atoms with Crippen LogP contribution >= 0.6 is 0 Å². The summed E-state index contributed by atoms with van der Waals surface area (Å²) in [6.45, 7) is 1.91. The van der Waals surface area contributed by atoms with Gasteiger partial charge >= 0.3 is 0 Å². The van der Waals surface area contributed by atoms with Crippen LogP contribution in [0.25, 0.3) is 0 Å². The van der Waals surface area contributed by atoms with Crippen LogP contribution in [0.5, 0.6) is 0 Å². The summed E-state index contributed by atoms with van der Waals surface area (Å²) >= 11 is 0. The minimum atomic E-state index is -2.38. The molecule has 16 heavy (non-hydrogen) atoms. The number of alkyl halides is 2. The fourth-order valence-corrected chi connectivity index (χ4v) is 1.75. The first-order valence-corrected chi connectivity index (χ1v) is 5.23. The average Bonchev–Trinajstić information content (AvgIpc) is 2.96. The van der Waals surface area contributed by atoms with E-state index in [4.69, 9.17) is 0 Å². The number of carbonyl (C=O) groups is 1. The third-order valence-corrected chi connectivity index (χ3v) is 2.79. The Morgan fingerprint density at radius 2 is 2.25 bits per heavy atom. The minimum absolute atomic E-state index is 0.295. The number of halogens is 2. The Bertz CT molecular complexity index is 406. The van der Waals surface area contributed by atoms with E-state index in [1.54, 1.807) is 6.07 Å². The van der Waals surface area contributed by atoms with Crippen LogP contribution in [-0.2, 0) is 4.79 Å². The standard InChI is InChI=1S/C12H13F2NO/c1-7-3-2-4-8(5-7)15-12(16)10-6-9(10)11(13)14/h2-5,9-11H,6H2,1H3,(H,15,16)/t9-,10-/m1/s1. The molecule has 1 aromatic carbocycles. The lowest BCUT2D eigenvalue weighted by Gasteiger charge is -2.05. The predicted molar refractivity (Wildman–Crippen MR) is 57.4 cm³/mol. The van der Waals surface area contributed by atoms with Gasteiger partial charge in [-0.05, 0) is 31.0 Å². The molecule has 0 spiro atoms. The molecule has 1 saturated carbocycles. The first-order chi connectivity index (χ1) is 7.58. The zero-order valence-corrected chi connectivity index (χ0v) is 8.91. The molecule has 0 radical (unpaired) electrons. The number of carbonyl (C=O) groups excluding carboxylic acids is 1. The highest BCUT2D eigenvalue weighted by atomic mass is 19.3. The number of hydrogen-bond donors (Lipinski definition) is 1. The lowest BCUT2D eigenvalue weighted by Crippen LogP contribution is -2.16. The van der Waals surface area contributed by atoms with Gasteiger partial charge in [-0.2, -0.15) is 0 Å². The fraction of sp³-hybridized carbons (Fsp3) is 0.417. The second-order valence-corrected chi connectivity index (χ2v) is 4.20. The van der Waals surface area contributed by atoms with Crippen LogP contribution in [-0.4, -0.2) is 12.3 Å². The number of amides is 1. The summed E-state index contributed by atoms with van der Waals surface area (Å²) in [5, 5.41) is 2.66. The Morgan fingerprint density at radius 3 is 2.81 bits per heavy atom. The molecule has 1 aliphatic carbocycles. The van der Waals surface area contributed by atoms with Crippen LogP contribution in [0.3, 0.4) is 0 Å². The van der Waals surface area contributed by atoms with E-state index < -0.39 is 18.3 Å². The van der Waals surface area contributed by atoms with Crippen LogP contribution in [0.1, 0.15) is 12.0 Å². The molecule has 1 aromatic rings. The van der Waals surface area contributed by atoms with E-state index in [2.05, 4.69) is 5.32 Å². The molecule has 1 fully saturated rings. The first-order valence-electron chi connectivity index (χ1n) is 5.23. The number of hydrogen-bond acceptors (Lipinski definition) is 1. The Morgan fingerprint density at radius 1 is 1.50 bits per heavy atom. The van der Waals surface area contributed by atoms with Crippen LogP contribution in [0.4, 0.5) is 14.5 Å². The van der Waals surface area contributed by atoms with Crippen molar-refractivity contribution >= 4 is 11.6 Å². The van der Waals surface area contributed by atoms with Crippen LogP contribution in [0.2, 0.25) is 0 Å². The third kappa shape index (κ3) is 2.38. The molecule has 0 saturated heterocycles. The highest BCUT2D eigenvalue weighted by Crippen LogP contribution is 2.43. The van der Waals surface area contributed by atoms with Gasteiger partial charge in [0, 0.05) is 17.5 Å². The van der Waals surface area contributed by atoms with Crippen molar-refractivity contribution in [2.75, 3.05) is 5.32 Å². The van der Waals surface area contributed by atoms with Gasteiger partial charge in [0.25, 0.3) is 0 Å². The molecule has 86 valence electrons. The van der Waals surface area contributed by atoms with Crippen molar-refractivity contribution in [1.29, 1.82) is 0 Å². The molecule has 1 N–H and O–H groups in total. The molecular formula is C12H13F2NO. The van der Waals surface area contributed by atoms with Crippen molar-refractivity contribution in [2.24, 2.45) is 11.8 Å². The lowest BCUT2D eigenvalue weighted by atomic mass is 10.2. The zero-order valence-electron chi connectivity index (χ0n) is 8.91. The van der Waals surface area contributed by atoms with E-state index in [9.17, 15) is 13.6 Å². The maximum Gasteiger partial charge on any atom is 0.242 e. The van der Waals surface area contributed by atoms with E-state index in [0.29, 0.717) is 12.1 Å². The molecule has 1 amide bonds. The van der Waals surface area contributed by atoms with E-state index in [0.717, 1.165) is 5.56 Å². The number of rotatable bonds is 3. The molecule has 2 rings (SSSR count). The van der Waals surface area contributed by atoms with Gasteiger partial charge < -0.3 is 5.32 Å². The molecule has 2 nitrogen and oxygen atoms in total. The van der Waals surface area contributed by atoms with Gasteiger partial charge in [-0.3, -0.25) is 4.79 Å². The average molecular weight is 225 g/mol. The van der Waals surface area contributed by atoms with Gasteiger partial charge in [0.2, 0.25) is 12.3 Å². The summed E-state index contributed by atoms with van der Waals surface area (Å²) in [5.41, 5.74) is 1.70. The number of benzene rings is 1. The van der Waals surface area contributed by atoms with Gasteiger partial charge in [0.1, 0.15) is 0 Å². The Hall–Kier alpha value is -1.45. The monoisotopic (exact) mass is 225 g/mol. The van der Waals surface area contributed by atoms with Gasteiger partial charge in [0.05, 0.1) is 0 Å². The molecule has 0 unspecified atom stereocenters.